The lowest BCUT2D eigenvalue weighted by Gasteiger charge is -2.10. The van der Waals surface area contributed by atoms with Crippen LogP contribution in [0.4, 0.5) is 11.4 Å². The van der Waals surface area contributed by atoms with Crippen molar-refractivity contribution in [2.75, 3.05) is 16.6 Å². The Kier molecular flexibility index (Phi) is 6.94. The predicted molar refractivity (Wildman–Crippen MR) is 108 cm³/mol. The molecule has 0 aliphatic carbocycles. The lowest BCUT2D eigenvalue weighted by Crippen LogP contribution is -2.13. The molecule has 0 saturated heterocycles. The van der Waals surface area contributed by atoms with E-state index in [2.05, 4.69) is 14.8 Å². The highest BCUT2D eigenvalue weighted by Gasteiger charge is 2.14. The summed E-state index contributed by atoms with van der Waals surface area (Å²) in [7, 11) is -3.75. The molecule has 2 aromatic rings. The van der Waals surface area contributed by atoms with Crippen molar-refractivity contribution in [3.05, 3.63) is 65.7 Å². The Morgan fingerprint density at radius 1 is 0.964 bits per heavy atom. The van der Waals surface area contributed by atoms with Crippen molar-refractivity contribution in [1.82, 2.24) is 0 Å². The molecule has 148 valence electrons. The minimum absolute atomic E-state index is 0.0609. The van der Waals surface area contributed by atoms with Crippen molar-refractivity contribution in [3.8, 4) is 0 Å². The SMILES string of the molecule is CCOC(=O)/C=C/C(=O)Nc1ccc(S(=O)(=O)Nc2ccc(C)c(C)c2)cc1. The van der Waals surface area contributed by atoms with E-state index in [0.29, 0.717) is 11.4 Å². The van der Waals surface area contributed by atoms with Gasteiger partial charge in [0.1, 0.15) is 0 Å². The van der Waals surface area contributed by atoms with E-state index in [1.54, 1.807) is 19.1 Å². The van der Waals surface area contributed by atoms with E-state index in [1.807, 2.05) is 19.9 Å². The van der Waals surface area contributed by atoms with Crippen LogP contribution in [-0.2, 0) is 24.3 Å². The fraction of sp³-hybridized carbons (Fsp3) is 0.200. The van der Waals surface area contributed by atoms with Gasteiger partial charge >= 0.3 is 5.97 Å². The number of carbonyl (C=O) groups is 2. The van der Waals surface area contributed by atoms with Crippen LogP contribution >= 0.6 is 0 Å². The topological polar surface area (TPSA) is 102 Å². The van der Waals surface area contributed by atoms with Crippen molar-refractivity contribution in [1.29, 1.82) is 0 Å². The zero-order valence-corrected chi connectivity index (χ0v) is 16.7. The third-order valence-corrected chi connectivity index (χ3v) is 5.25. The zero-order valence-electron chi connectivity index (χ0n) is 15.9. The van der Waals surface area contributed by atoms with Crippen molar-refractivity contribution in [3.63, 3.8) is 0 Å². The van der Waals surface area contributed by atoms with Crippen LogP contribution in [0.2, 0.25) is 0 Å². The van der Waals surface area contributed by atoms with Gasteiger partial charge in [0.05, 0.1) is 11.5 Å². The minimum Gasteiger partial charge on any atom is -0.463 e. The van der Waals surface area contributed by atoms with Crippen LogP contribution in [0.5, 0.6) is 0 Å². The zero-order chi connectivity index (χ0) is 20.7. The van der Waals surface area contributed by atoms with Crippen molar-refractivity contribution in [2.24, 2.45) is 0 Å². The summed E-state index contributed by atoms with van der Waals surface area (Å²) in [6.45, 7) is 5.73. The maximum Gasteiger partial charge on any atom is 0.330 e. The van der Waals surface area contributed by atoms with Gasteiger partial charge in [0, 0.05) is 23.5 Å². The molecule has 0 aromatic heterocycles. The lowest BCUT2D eigenvalue weighted by molar-refractivity contribution is -0.137. The first-order valence-corrected chi connectivity index (χ1v) is 10.1. The number of esters is 1. The van der Waals surface area contributed by atoms with Gasteiger partial charge in [-0.1, -0.05) is 6.07 Å². The average molecular weight is 402 g/mol. The number of carbonyl (C=O) groups excluding carboxylic acids is 2. The quantitative estimate of drug-likeness (QED) is 0.547. The summed E-state index contributed by atoms with van der Waals surface area (Å²) in [5.74, 6) is -1.14. The molecule has 0 spiro atoms. The molecule has 0 fully saturated rings. The molecular formula is C20H22N2O5S. The largest absolute Gasteiger partial charge is 0.463 e. The fourth-order valence-electron chi connectivity index (χ4n) is 2.25. The summed E-state index contributed by atoms with van der Waals surface area (Å²) in [6, 6.07) is 11.0. The summed E-state index contributed by atoms with van der Waals surface area (Å²) in [5.41, 5.74) is 2.92. The number of hydrogen-bond acceptors (Lipinski definition) is 5. The van der Waals surface area contributed by atoms with Gasteiger partial charge in [-0.05, 0) is 68.3 Å². The van der Waals surface area contributed by atoms with Gasteiger partial charge in [0.25, 0.3) is 10.0 Å². The Bertz CT molecular complexity index is 996. The number of anilines is 2. The molecule has 0 saturated carbocycles. The normalized spacial score (nSPS) is 11.2. The third kappa shape index (κ3) is 5.95. The van der Waals surface area contributed by atoms with Crippen molar-refractivity contribution >= 4 is 33.3 Å². The van der Waals surface area contributed by atoms with Crippen molar-refractivity contribution < 1.29 is 22.7 Å². The summed E-state index contributed by atoms with van der Waals surface area (Å²) >= 11 is 0. The molecule has 1 amide bonds. The van der Waals surface area contributed by atoms with E-state index >= 15 is 0 Å². The molecule has 0 radical (unpaired) electrons. The molecular weight excluding hydrogens is 380 g/mol. The highest BCUT2D eigenvalue weighted by atomic mass is 32.2. The molecule has 2 aromatic carbocycles. The van der Waals surface area contributed by atoms with E-state index in [-0.39, 0.29) is 11.5 Å². The number of rotatable bonds is 7. The van der Waals surface area contributed by atoms with Crippen LogP contribution in [0, 0.1) is 13.8 Å². The van der Waals surface area contributed by atoms with Gasteiger partial charge < -0.3 is 10.1 Å². The number of benzene rings is 2. The van der Waals surface area contributed by atoms with Crippen LogP contribution in [0.1, 0.15) is 18.1 Å². The Balaban J connectivity index is 2.05. The molecule has 0 aliphatic rings. The van der Waals surface area contributed by atoms with Gasteiger partial charge in [-0.15, -0.1) is 0 Å². The van der Waals surface area contributed by atoms with E-state index in [4.69, 9.17) is 0 Å². The van der Waals surface area contributed by atoms with Crippen LogP contribution in [0.3, 0.4) is 0 Å². The van der Waals surface area contributed by atoms with Gasteiger partial charge in [-0.3, -0.25) is 9.52 Å². The highest BCUT2D eigenvalue weighted by molar-refractivity contribution is 7.92. The molecule has 0 aliphatic heterocycles. The second-order valence-electron chi connectivity index (χ2n) is 6.00. The van der Waals surface area contributed by atoms with Gasteiger partial charge in [-0.25, -0.2) is 13.2 Å². The summed E-state index contributed by atoms with van der Waals surface area (Å²) in [6.07, 6.45) is 2.06. The first-order chi connectivity index (χ1) is 13.2. The molecule has 0 atom stereocenters. The second kappa shape index (κ2) is 9.18. The van der Waals surface area contributed by atoms with E-state index in [9.17, 15) is 18.0 Å². The maximum atomic E-state index is 12.5. The summed E-state index contributed by atoms with van der Waals surface area (Å²) < 4.78 is 32.2. The number of nitrogens with one attached hydrogen (secondary N) is 2. The number of sulfonamides is 1. The smallest absolute Gasteiger partial charge is 0.330 e. The number of hydrogen-bond donors (Lipinski definition) is 2. The van der Waals surface area contributed by atoms with Crippen molar-refractivity contribution in [2.45, 2.75) is 25.7 Å². The second-order valence-corrected chi connectivity index (χ2v) is 7.69. The first-order valence-electron chi connectivity index (χ1n) is 8.57. The van der Waals surface area contributed by atoms with Crippen LogP contribution in [-0.4, -0.2) is 26.9 Å². The molecule has 7 nitrogen and oxygen atoms in total. The van der Waals surface area contributed by atoms with Crippen LogP contribution in [0.25, 0.3) is 0 Å². The molecule has 2 rings (SSSR count). The Hall–Kier alpha value is -3.13. The van der Waals surface area contributed by atoms with Gasteiger partial charge in [0.2, 0.25) is 5.91 Å². The van der Waals surface area contributed by atoms with Crippen LogP contribution in [0.15, 0.2) is 59.5 Å². The summed E-state index contributed by atoms with van der Waals surface area (Å²) in [5, 5.41) is 2.53. The van der Waals surface area contributed by atoms with Gasteiger partial charge in [-0.2, -0.15) is 0 Å². The standard InChI is InChI=1S/C20H22N2O5S/c1-4-27-20(24)12-11-19(23)21-16-7-9-18(10-8-16)28(25,26)22-17-6-5-14(2)15(3)13-17/h5-13,22H,4H2,1-3H3,(H,21,23)/b12-11+. The van der Waals surface area contributed by atoms with Gasteiger partial charge in [0.15, 0.2) is 0 Å². The third-order valence-electron chi connectivity index (χ3n) is 3.85. The lowest BCUT2D eigenvalue weighted by atomic mass is 10.1. The number of amides is 1. The van der Waals surface area contributed by atoms with E-state index in [1.165, 1.54) is 24.3 Å². The minimum atomic E-state index is -3.75. The summed E-state index contributed by atoms with van der Waals surface area (Å²) in [4.78, 5) is 23.0. The Morgan fingerprint density at radius 2 is 1.61 bits per heavy atom. The molecule has 0 heterocycles. The Labute approximate surface area is 164 Å². The monoisotopic (exact) mass is 402 g/mol. The first kappa shape index (κ1) is 21.2. The van der Waals surface area contributed by atoms with E-state index < -0.39 is 21.9 Å². The molecule has 8 heteroatoms. The maximum absolute atomic E-state index is 12.5. The average Bonchev–Trinajstić information content (AvgIpc) is 2.63. The molecule has 2 N–H and O–H groups in total. The Morgan fingerprint density at radius 3 is 2.21 bits per heavy atom. The highest BCUT2D eigenvalue weighted by Crippen LogP contribution is 2.20. The number of aryl methyl sites for hydroxylation is 2. The van der Waals surface area contributed by atoms with Crippen LogP contribution < -0.4 is 10.0 Å². The van der Waals surface area contributed by atoms with E-state index in [0.717, 1.165) is 23.3 Å². The molecule has 0 bridgehead atoms. The predicted octanol–water partition coefficient (Wildman–Crippen LogP) is 3.16. The fourth-order valence-corrected chi connectivity index (χ4v) is 3.30. The molecule has 28 heavy (non-hydrogen) atoms. The number of ether oxygens (including phenoxy) is 1. The molecule has 0 unspecified atom stereocenters.